The van der Waals surface area contributed by atoms with E-state index in [1.807, 2.05) is 0 Å². The van der Waals surface area contributed by atoms with Crippen molar-refractivity contribution in [2.45, 2.75) is 19.3 Å². The third-order valence-corrected chi connectivity index (χ3v) is 4.59. The maximum absolute atomic E-state index is 6.03. The van der Waals surface area contributed by atoms with Crippen LogP contribution in [0.1, 0.15) is 18.4 Å². The Morgan fingerprint density at radius 3 is 2.53 bits per heavy atom. The van der Waals surface area contributed by atoms with E-state index in [0.29, 0.717) is 5.15 Å². The van der Waals surface area contributed by atoms with Crippen molar-refractivity contribution in [3.05, 3.63) is 41.0 Å². The lowest BCUT2D eigenvalue weighted by molar-refractivity contribution is 0.402. The molecule has 1 aromatic heterocycles. The van der Waals surface area contributed by atoms with Gasteiger partial charge in [0.1, 0.15) is 0 Å². The number of hydrogen-bond donors (Lipinski definition) is 0. The molecule has 3 nitrogen and oxygen atoms in total. The van der Waals surface area contributed by atoms with Gasteiger partial charge < -0.3 is 4.90 Å². The summed E-state index contributed by atoms with van der Waals surface area (Å²) in [4.78, 5) is 2.26. The molecule has 0 unspecified atom stereocenters. The van der Waals surface area contributed by atoms with Crippen LogP contribution in [0.4, 0.5) is 5.82 Å². The van der Waals surface area contributed by atoms with Crippen LogP contribution in [-0.2, 0) is 6.42 Å². The van der Waals surface area contributed by atoms with Crippen LogP contribution >= 0.6 is 23.3 Å². The Labute approximate surface area is 122 Å². The van der Waals surface area contributed by atoms with Crippen LogP contribution in [0.2, 0.25) is 5.15 Å². The highest BCUT2D eigenvalue weighted by Crippen LogP contribution is 2.28. The molecule has 19 heavy (non-hydrogen) atoms. The molecule has 3 rings (SSSR count). The quantitative estimate of drug-likeness (QED) is 0.865. The highest BCUT2D eigenvalue weighted by atomic mass is 35.5. The van der Waals surface area contributed by atoms with E-state index in [4.69, 9.17) is 11.6 Å². The molecule has 0 atom stereocenters. The predicted molar refractivity (Wildman–Crippen MR) is 80.0 cm³/mol. The number of piperidine rings is 1. The topological polar surface area (TPSA) is 29.0 Å². The smallest absolute Gasteiger partial charge is 0.187 e. The number of benzene rings is 1. The summed E-state index contributed by atoms with van der Waals surface area (Å²) >= 11 is 7.22. The fourth-order valence-electron chi connectivity index (χ4n) is 2.66. The Hall–Kier alpha value is -1.13. The number of nitrogens with zero attached hydrogens (tertiary/aromatic N) is 3. The molecule has 0 aliphatic carbocycles. The zero-order valence-electron chi connectivity index (χ0n) is 10.6. The second-order valence-corrected chi connectivity index (χ2v) is 5.89. The third kappa shape index (κ3) is 3.07. The van der Waals surface area contributed by atoms with Gasteiger partial charge in [-0.15, -0.1) is 0 Å². The van der Waals surface area contributed by atoms with Crippen LogP contribution in [0.15, 0.2) is 30.3 Å². The zero-order valence-corrected chi connectivity index (χ0v) is 12.2. The van der Waals surface area contributed by atoms with Gasteiger partial charge in [-0.2, -0.15) is 8.75 Å². The van der Waals surface area contributed by atoms with Gasteiger partial charge in [-0.1, -0.05) is 41.9 Å². The molecule has 0 saturated carbocycles. The summed E-state index contributed by atoms with van der Waals surface area (Å²) in [5.41, 5.74) is 1.44. The Kier molecular flexibility index (Phi) is 3.99. The first kappa shape index (κ1) is 12.9. The molecule has 100 valence electrons. The lowest BCUT2D eigenvalue weighted by atomic mass is 9.90. The average molecular weight is 294 g/mol. The van der Waals surface area contributed by atoms with Gasteiger partial charge in [0.15, 0.2) is 11.0 Å². The Bertz CT molecular complexity index is 520. The van der Waals surface area contributed by atoms with Crippen LogP contribution in [0.5, 0.6) is 0 Å². The Morgan fingerprint density at radius 1 is 1.16 bits per heavy atom. The summed E-state index contributed by atoms with van der Waals surface area (Å²) < 4.78 is 8.31. The van der Waals surface area contributed by atoms with Crippen molar-refractivity contribution in [3.63, 3.8) is 0 Å². The molecule has 1 aromatic carbocycles. The second kappa shape index (κ2) is 5.88. The predicted octanol–water partition coefficient (Wildman–Crippen LogP) is 3.65. The standard InChI is InChI=1S/C14H16ClN3S/c15-13-14(17-19-16-13)18-8-6-12(7-9-18)10-11-4-2-1-3-5-11/h1-5,12H,6-10H2. The van der Waals surface area contributed by atoms with Crippen LogP contribution in [0.25, 0.3) is 0 Å². The summed E-state index contributed by atoms with van der Waals surface area (Å²) in [6, 6.07) is 10.7. The highest BCUT2D eigenvalue weighted by molar-refractivity contribution is 6.99. The van der Waals surface area contributed by atoms with E-state index >= 15 is 0 Å². The highest BCUT2D eigenvalue weighted by Gasteiger charge is 2.22. The minimum atomic E-state index is 0.548. The van der Waals surface area contributed by atoms with Gasteiger partial charge >= 0.3 is 0 Å². The Morgan fingerprint density at radius 2 is 1.89 bits per heavy atom. The summed E-state index contributed by atoms with van der Waals surface area (Å²) in [7, 11) is 0. The summed E-state index contributed by atoms with van der Waals surface area (Å²) in [6.45, 7) is 2.06. The first-order valence-corrected chi connectivity index (χ1v) is 7.70. The van der Waals surface area contributed by atoms with Crippen molar-refractivity contribution in [2.24, 2.45) is 5.92 Å². The molecule has 1 fully saturated rings. The molecule has 0 bridgehead atoms. The van der Waals surface area contributed by atoms with Crippen molar-refractivity contribution in [1.29, 1.82) is 0 Å². The van der Waals surface area contributed by atoms with Gasteiger partial charge in [-0.25, -0.2) is 0 Å². The number of hydrogen-bond acceptors (Lipinski definition) is 4. The molecule has 2 heterocycles. The number of rotatable bonds is 3. The van der Waals surface area contributed by atoms with Crippen molar-refractivity contribution < 1.29 is 0 Å². The number of anilines is 1. The minimum absolute atomic E-state index is 0.548. The van der Waals surface area contributed by atoms with Crippen LogP contribution in [-0.4, -0.2) is 21.8 Å². The Balaban J connectivity index is 1.57. The van der Waals surface area contributed by atoms with Crippen LogP contribution < -0.4 is 4.90 Å². The lowest BCUT2D eigenvalue weighted by Gasteiger charge is -2.32. The molecule has 1 aliphatic rings. The molecular formula is C14H16ClN3S. The molecule has 1 aliphatic heterocycles. The maximum atomic E-state index is 6.03. The molecule has 5 heteroatoms. The minimum Gasteiger partial charge on any atom is -0.353 e. The number of aromatic nitrogens is 2. The van der Waals surface area contributed by atoms with E-state index in [9.17, 15) is 0 Å². The molecule has 0 N–H and O–H groups in total. The SMILES string of the molecule is Clc1nsnc1N1CCC(Cc2ccccc2)CC1. The average Bonchev–Trinajstić information content (AvgIpc) is 2.87. The van der Waals surface area contributed by atoms with Crippen molar-refractivity contribution in [2.75, 3.05) is 18.0 Å². The summed E-state index contributed by atoms with van der Waals surface area (Å²) in [6.07, 6.45) is 3.57. The molecule has 0 radical (unpaired) electrons. The lowest BCUT2D eigenvalue weighted by Crippen LogP contribution is -2.34. The maximum Gasteiger partial charge on any atom is 0.187 e. The van der Waals surface area contributed by atoms with Gasteiger partial charge in [-0.05, 0) is 30.7 Å². The molecule has 1 saturated heterocycles. The van der Waals surface area contributed by atoms with E-state index < -0.39 is 0 Å². The normalized spacial score (nSPS) is 16.8. The van der Waals surface area contributed by atoms with Crippen molar-refractivity contribution in [1.82, 2.24) is 8.75 Å². The van der Waals surface area contributed by atoms with Gasteiger partial charge in [-0.3, -0.25) is 0 Å². The largest absolute Gasteiger partial charge is 0.353 e. The van der Waals surface area contributed by atoms with Gasteiger partial charge in [0.25, 0.3) is 0 Å². The molecular weight excluding hydrogens is 278 g/mol. The van der Waals surface area contributed by atoms with Crippen molar-refractivity contribution >= 4 is 29.1 Å². The summed E-state index contributed by atoms with van der Waals surface area (Å²) in [5.74, 6) is 1.63. The zero-order chi connectivity index (χ0) is 13.1. The summed E-state index contributed by atoms with van der Waals surface area (Å²) in [5, 5.41) is 0.548. The van der Waals surface area contributed by atoms with Gasteiger partial charge in [0.2, 0.25) is 0 Å². The fraction of sp³-hybridized carbons (Fsp3) is 0.429. The van der Waals surface area contributed by atoms with E-state index in [-0.39, 0.29) is 0 Å². The van der Waals surface area contributed by atoms with E-state index in [1.165, 1.54) is 36.6 Å². The van der Waals surface area contributed by atoms with E-state index in [0.717, 1.165) is 24.8 Å². The molecule has 0 amide bonds. The number of halogens is 1. The van der Waals surface area contributed by atoms with Crippen LogP contribution in [0, 0.1) is 5.92 Å². The first-order chi connectivity index (χ1) is 9.33. The van der Waals surface area contributed by atoms with E-state index in [1.54, 1.807) is 0 Å². The first-order valence-electron chi connectivity index (χ1n) is 6.60. The van der Waals surface area contributed by atoms with Crippen molar-refractivity contribution in [3.8, 4) is 0 Å². The molecule has 0 spiro atoms. The van der Waals surface area contributed by atoms with E-state index in [2.05, 4.69) is 44.0 Å². The van der Waals surface area contributed by atoms with Gasteiger partial charge in [0, 0.05) is 13.1 Å². The third-order valence-electron chi connectivity index (χ3n) is 3.71. The monoisotopic (exact) mass is 293 g/mol. The molecule has 2 aromatic rings. The van der Waals surface area contributed by atoms with Crippen LogP contribution in [0.3, 0.4) is 0 Å². The second-order valence-electron chi connectivity index (χ2n) is 5.00. The fourth-order valence-corrected chi connectivity index (χ4v) is 3.44. The van der Waals surface area contributed by atoms with Gasteiger partial charge in [0.05, 0.1) is 11.7 Å².